The molecule has 0 spiro atoms. The molecule has 1 aliphatic carbocycles. The van der Waals surface area contributed by atoms with Crippen molar-refractivity contribution in [2.75, 3.05) is 6.54 Å². The van der Waals surface area contributed by atoms with Crippen LogP contribution in [-0.4, -0.2) is 61.2 Å². The number of amides is 1. The highest BCUT2D eigenvalue weighted by Crippen LogP contribution is 2.36. The number of nitrogens with zero attached hydrogens (tertiary/aromatic N) is 3. The summed E-state index contributed by atoms with van der Waals surface area (Å²) in [6, 6.07) is 13.4. The number of hydrogen-bond donors (Lipinski definition) is 2. The number of carbonyl (C=O) groups excluding carboxylic acids is 1. The fourth-order valence-electron chi connectivity index (χ4n) is 6.06. The number of carboxylic acids is 2. The minimum atomic E-state index is -1.09. The van der Waals surface area contributed by atoms with Gasteiger partial charge in [0.05, 0.1) is 29.4 Å². The number of rotatable bonds is 8. The van der Waals surface area contributed by atoms with Crippen LogP contribution in [0.15, 0.2) is 71.6 Å². The van der Waals surface area contributed by atoms with Gasteiger partial charge in [0.15, 0.2) is 0 Å². The Hall–Kier alpha value is -4.86. The molecule has 4 aromatic rings. The molecule has 2 aliphatic rings. The molecule has 2 aromatic heterocycles. The van der Waals surface area contributed by atoms with Crippen LogP contribution < -0.4 is 4.74 Å². The second-order valence-corrected chi connectivity index (χ2v) is 10.8. The van der Waals surface area contributed by atoms with Gasteiger partial charge in [-0.2, -0.15) is 0 Å². The van der Waals surface area contributed by atoms with Crippen molar-refractivity contribution >= 4 is 35.0 Å². The minimum Gasteiger partial charge on any atom is -0.488 e. The van der Waals surface area contributed by atoms with E-state index < -0.39 is 24.1 Å². The van der Waals surface area contributed by atoms with Crippen molar-refractivity contribution in [2.24, 2.45) is 0 Å². The fourth-order valence-corrected chi connectivity index (χ4v) is 6.06. The third kappa shape index (κ3) is 5.52. The van der Waals surface area contributed by atoms with Crippen LogP contribution in [0, 0.1) is 0 Å². The van der Waals surface area contributed by atoms with E-state index >= 15 is 0 Å². The highest BCUT2D eigenvalue weighted by Gasteiger charge is 2.41. The molecule has 6 rings (SSSR count). The van der Waals surface area contributed by atoms with Crippen molar-refractivity contribution in [3.8, 4) is 17.1 Å². The van der Waals surface area contributed by atoms with E-state index in [1.165, 1.54) is 17.4 Å². The first-order valence-electron chi connectivity index (χ1n) is 14.1. The van der Waals surface area contributed by atoms with Gasteiger partial charge in [-0.3, -0.25) is 4.79 Å². The molecule has 10 heteroatoms. The first-order chi connectivity index (χ1) is 20.4. The quantitative estimate of drug-likeness (QED) is 0.260. The van der Waals surface area contributed by atoms with E-state index in [0.717, 1.165) is 48.7 Å². The van der Waals surface area contributed by atoms with Gasteiger partial charge in [0.25, 0.3) is 5.91 Å². The summed E-state index contributed by atoms with van der Waals surface area (Å²) in [5.74, 6) is -1.21. The fraction of sp³-hybridized carbons (Fsp3) is 0.312. The molecule has 0 bridgehead atoms. The molecule has 3 heterocycles. The molecule has 216 valence electrons. The van der Waals surface area contributed by atoms with E-state index in [2.05, 4.69) is 4.57 Å². The number of furan rings is 1. The Morgan fingerprint density at radius 3 is 2.48 bits per heavy atom. The molecular weight excluding hydrogens is 538 g/mol. The molecule has 1 saturated heterocycles. The lowest BCUT2D eigenvalue weighted by molar-refractivity contribution is -0.141. The van der Waals surface area contributed by atoms with Crippen LogP contribution in [0.1, 0.15) is 60.5 Å². The van der Waals surface area contributed by atoms with Crippen LogP contribution in [0.25, 0.3) is 28.5 Å². The zero-order valence-corrected chi connectivity index (χ0v) is 22.9. The third-order valence-electron chi connectivity index (χ3n) is 8.07. The highest BCUT2D eigenvalue weighted by atomic mass is 16.5. The van der Waals surface area contributed by atoms with Crippen LogP contribution in [0.4, 0.5) is 0 Å². The second kappa shape index (κ2) is 11.6. The number of carboxylic acid groups (broad SMARTS) is 2. The Balaban J connectivity index is 1.24. The molecule has 1 saturated carbocycles. The lowest BCUT2D eigenvalue weighted by Gasteiger charge is -2.25. The molecule has 0 unspecified atom stereocenters. The summed E-state index contributed by atoms with van der Waals surface area (Å²) in [7, 11) is 0. The van der Waals surface area contributed by atoms with Crippen LogP contribution in [0.3, 0.4) is 0 Å². The van der Waals surface area contributed by atoms with Gasteiger partial charge in [0.2, 0.25) is 0 Å². The maximum atomic E-state index is 13.7. The normalized spacial score (nSPS) is 19.5. The molecule has 0 radical (unpaired) electrons. The molecule has 2 aromatic carbocycles. The van der Waals surface area contributed by atoms with Gasteiger partial charge in [0, 0.05) is 24.1 Å². The van der Waals surface area contributed by atoms with E-state index in [9.17, 15) is 19.5 Å². The first kappa shape index (κ1) is 27.3. The SMILES string of the molecule is O=C(O)/C=C\c1ccc(O[C@@H]2C[C@@H](C(=O)O)N(C(=O)c3ccc4c(c3)nc(-c3ccoc3)n4C3CCCCC3)C2)cc1. The highest BCUT2D eigenvalue weighted by molar-refractivity contribution is 6.00. The first-order valence-corrected chi connectivity index (χ1v) is 14.1. The largest absolute Gasteiger partial charge is 0.488 e. The van der Waals surface area contributed by atoms with Gasteiger partial charge < -0.3 is 28.8 Å². The molecular formula is C32H31N3O7. The summed E-state index contributed by atoms with van der Waals surface area (Å²) in [6.07, 6.45) is 11.1. The van der Waals surface area contributed by atoms with Crippen molar-refractivity contribution in [3.05, 3.63) is 78.3 Å². The van der Waals surface area contributed by atoms with Gasteiger partial charge >= 0.3 is 11.9 Å². The third-order valence-corrected chi connectivity index (χ3v) is 8.07. The maximum Gasteiger partial charge on any atom is 0.328 e. The summed E-state index contributed by atoms with van der Waals surface area (Å²) in [6.45, 7) is 0.116. The second-order valence-electron chi connectivity index (χ2n) is 10.8. The number of ether oxygens (including phenoxy) is 1. The monoisotopic (exact) mass is 569 g/mol. The molecule has 2 fully saturated rings. The van der Waals surface area contributed by atoms with Crippen molar-refractivity contribution in [1.82, 2.24) is 14.5 Å². The number of fused-ring (bicyclic) bond motifs is 1. The number of hydrogen-bond acceptors (Lipinski definition) is 6. The molecule has 1 aliphatic heterocycles. The number of carbonyl (C=O) groups is 3. The maximum absolute atomic E-state index is 13.7. The van der Waals surface area contributed by atoms with Gasteiger partial charge in [-0.15, -0.1) is 0 Å². The van der Waals surface area contributed by atoms with E-state index in [4.69, 9.17) is 19.2 Å². The van der Waals surface area contributed by atoms with Crippen molar-refractivity contribution in [1.29, 1.82) is 0 Å². The van der Waals surface area contributed by atoms with Crippen LogP contribution in [0.2, 0.25) is 0 Å². The minimum absolute atomic E-state index is 0.116. The van der Waals surface area contributed by atoms with Gasteiger partial charge in [-0.1, -0.05) is 31.4 Å². The predicted octanol–water partition coefficient (Wildman–Crippen LogP) is 5.65. The zero-order valence-electron chi connectivity index (χ0n) is 22.9. The Morgan fingerprint density at radius 1 is 1.00 bits per heavy atom. The van der Waals surface area contributed by atoms with E-state index in [1.807, 2.05) is 12.1 Å². The van der Waals surface area contributed by atoms with Crippen LogP contribution in [-0.2, 0) is 9.59 Å². The molecule has 42 heavy (non-hydrogen) atoms. The van der Waals surface area contributed by atoms with Gasteiger partial charge in [-0.25, -0.2) is 14.6 Å². The van der Waals surface area contributed by atoms with E-state index in [1.54, 1.807) is 48.9 Å². The Morgan fingerprint density at radius 2 is 1.79 bits per heavy atom. The van der Waals surface area contributed by atoms with E-state index in [-0.39, 0.29) is 18.9 Å². The zero-order chi connectivity index (χ0) is 29.2. The van der Waals surface area contributed by atoms with Crippen LogP contribution in [0.5, 0.6) is 5.75 Å². The summed E-state index contributed by atoms with van der Waals surface area (Å²) < 4.78 is 13.6. The smallest absolute Gasteiger partial charge is 0.328 e. The summed E-state index contributed by atoms with van der Waals surface area (Å²) in [4.78, 5) is 42.9. The molecule has 1 amide bonds. The number of aromatic nitrogens is 2. The number of aliphatic carboxylic acids is 2. The topological polar surface area (TPSA) is 135 Å². The Labute approximate surface area is 241 Å². The Kier molecular flexibility index (Phi) is 7.52. The summed E-state index contributed by atoms with van der Waals surface area (Å²) in [5.41, 5.74) is 3.55. The standard InChI is InChI=1S/C32H31N3O7/c36-29(37)13-8-20-6-10-24(11-7-20)42-25-17-28(32(39)40)34(18-25)31(38)21-9-12-27-26(16-21)33-30(22-14-15-41-19-22)35(27)23-4-2-1-3-5-23/h6-16,19,23,25,28H,1-5,17-18H2,(H,36,37)(H,39,40)/b13-8-/t25-,28+/m1/s1. The predicted molar refractivity (Wildman–Crippen MR) is 154 cm³/mol. The van der Waals surface area contributed by atoms with Crippen molar-refractivity contribution in [2.45, 2.75) is 56.7 Å². The molecule has 2 N–H and O–H groups in total. The number of benzene rings is 2. The number of likely N-dealkylation sites (tertiary alicyclic amines) is 1. The van der Waals surface area contributed by atoms with Gasteiger partial charge in [0.1, 0.15) is 30.0 Å². The van der Waals surface area contributed by atoms with Crippen molar-refractivity contribution in [3.63, 3.8) is 0 Å². The average Bonchev–Trinajstić information content (AvgIpc) is 3.75. The Bertz CT molecular complexity index is 1630. The summed E-state index contributed by atoms with van der Waals surface area (Å²) in [5, 5.41) is 18.7. The average molecular weight is 570 g/mol. The van der Waals surface area contributed by atoms with E-state index in [0.29, 0.717) is 28.4 Å². The summed E-state index contributed by atoms with van der Waals surface area (Å²) >= 11 is 0. The number of imidazole rings is 1. The lowest BCUT2D eigenvalue weighted by Crippen LogP contribution is -2.40. The van der Waals surface area contributed by atoms with Gasteiger partial charge in [-0.05, 0) is 60.9 Å². The van der Waals surface area contributed by atoms with Crippen LogP contribution >= 0.6 is 0 Å². The molecule has 2 atom stereocenters. The van der Waals surface area contributed by atoms with Crippen molar-refractivity contribution < 1.29 is 33.8 Å². The lowest BCUT2D eigenvalue weighted by atomic mass is 9.95. The molecule has 10 nitrogen and oxygen atoms in total.